The van der Waals surface area contributed by atoms with Crippen LogP contribution < -0.4 is 16.6 Å². The summed E-state index contributed by atoms with van der Waals surface area (Å²) in [7, 11) is 0. The highest BCUT2D eigenvalue weighted by Gasteiger charge is 2.58. The van der Waals surface area contributed by atoms with Crippen LogP contribution in [0.5, 0.6) is 0 Å². The Hall–Kier alpha value is -1.62. The molecule has 176 valence electrons. The normalized spacial score (nSPS) is 40.8. The quantitative estimate of drug-likeness (QED) is 0.364. The molecular weight excluding hydrogens is 401 g/mol. The molecule has 0 saturated heterocycles. The van der Waals surface area contributed by atoms with Gasteiger partial charge in [-0.2, -0.15) is 0 Å². The lowest BCUT2D eigenvalue weighted by molar-refractivity contribution is -0.129. The minimum Gasteiger partial charge on any atom is -0.397 e. The number of hydrogen-bond acceptors (Lipinski definition) is 4. The largest absolute Gasteiger partial charge is 0.397 e. The van der Waals surface area contributed by atoms with Gasteiger partial charge in [0.15, 0.2) is 5.78 Å². The van der Waals surface area contributed by atoms with Gasteiger partial charge in [0.1, 0.15) is 5.82 Å². The predicted molar refractivity (Wildman–Crippen MR) is 127 cm³/mol. The molecular formula is C27H40FN3O. The lowest BCUT2D eigenvalue weighted by atomic mass is 9.49. The molecule has 0 amide bonds. The van der Waals surface area contributed by atoms with E-state index in [9.17, 15) is 9.18 Å². The molecule has 5 heteroatoms. The van der Waals surface area contributed by atoms with Crippen LogP contribution in [-0.4, -0.2) is 12.3 Å². The summed E-state index contributed by atoms with van der Waals surface area (Å²) in [6.07, 6.45) is 11.6. The number of anilines is 2. The molecule has 32 heavy (non-hydrogen) atoms. The highest BCUT2D eigenvalue weighted by Crippen LogP contribution is 2.64. The standard InChI is InChI=1S/C27H40FN3O/c1-16-3-6-19-17(13-16)4-7-21-20(19)11-12-27(2)22(21)8-9-23(27)26(32)15-31(30)25-14-18(28)5-10-24(25)29/h5,10,14,16-17,19-23H,3-4,6-9,11-13,15,29-30H2,1-2H3. The molecule has 0 radical (unpaired) electrons. The van der Waals surface area contributed by atoms with Crippen molar-refractivity contribution in [3.63, 3.8) is 0 Å². The van der Waals surface area contributed by atoms with E-state index in [0.717, 1.165) is 36.0 Å². The summed E-state index contributed by atoms with van der Waals surface area (Å²) in [4.78, 5) is 13.5. The summed E-state index contributed by atoms with van der Waals surface area (Å²) in [6.45, 7) is 4.92. The number of carbonyl (C=O) groups excluding carboxylic acids is 1. The molecule has 0 bridgehead atoms. The number of carbonyl (C=O) groups is 1. The second-order valence-electron chi connectivity index (χ2n) is 11.8. The fourth-order valence-electron chi connectivity index (χ4n) is 8.75. The Bertz CT molecular complexity index is 874. The van der Waals surface area contributed by atoms with Gasteiger partial charge in [0.25, 0.3) is 0 Å². The number of benzene rings is 1. The molecule has 4 aliphatic carbocycles. The number of hydrazine groups is 1. The Morgan fingerprint density at radius 3 is 2.69 bits per heavy atom. The molecule has 4 nitrogen and oxygen atoms in total. The molecule has 8 atom stereocenters. The van der Waals surface area contributed by atoms with Crippen molar-refractivity contribution < 1.29 is 9.18 Å². The summed E-state index contributed by atoms with van der Waals surface area (Å²) in [5, 5.41) is 1.34. The van der Waals surface area contributed by atoms with Crippen LogP contribution in [0.25, 0.3) is 0 Å². The van der Waals surface area contributed by atoms with Crippen molar-refractivity contribution in [2.75, 3.05) is 17.3 Å². The molecule has 4 fully saturated rings. The summed E-state index contributed by atoms with van der Waals surface area (Å²) in [5.41, 5.74) is 6.87. The first-order chi connectivity index (χ1) is 15.3. The van der Waals surface area contributed by atoms with Crippen LogP contribution in [0.2, 0.25) is 0 Å². The molecule has 0 heterocycles. The number of nitrogen functional groups attached to an aromatic ring is 1. The number of ketones is 1. The maximum atomic E-state index is 13.7. The van der Waals surface area contributed by atoms with Crippen LogP contribution >= 0.6 is 0 Å². The molecule has 0 aliphatic heterocycles. The number of nitrogens with zero attached hydrogens (tertiary/aromatic N) is 1. The first-order valence-corrected chi connectivity index (χ1v) is 12.9. The average Bonchev–Trinajstić information content (AvgIpc) is 3.12. The Labute approximate surface area is 192 Å². The van der Waals surface area contributed by atoms with Crippen LogP contribution in [0, 0.1) is 52.7 Å². The van der Waals surface area contributed by atoms with E-state index in [-0.39, 0.29) is 23.7 Å². The lowest BCUT2D eigenvalue weighted by Crippen LogP contribution is -2.50. The van der Waals surface area contributed by atoms with Crippen LogP contribution in [-0.2, 0) is 4.79 Å². The van der Waals surface area contributed by atoms with Gasteiger partial charge in [0, 0.05) is 12.0 Å². The van der Waals surface area contributed by atoms with Gasteiger partial charge in [0.05, 0.1) is 17.9 Å². The monoisotopic (exact) mass is 441 g/mol. The van der Waals surface area contributed by atoms with E-state index in [0.29, 0.717) is 17.3 Å². The second-order valence-corrected chi connectivity index (χ2v) is 11.8. The van der Waals surface area contributed by atoms with Gasteiger partial charge < -0.3 is 10.7 Å². The fraction of sp³-hybridized carbons (Fsp3) is 0.741. The van der Waals surface area contributed by atoms with Crippen molar-refractivity contribution in [2.24, 2.45) is 52.7 Å². The number of rotatable bonds is 4. The zero-order chi connectivity index (χ0) is 22.6. The van der Waals surface area contributed by atoms with E-state index in [4.69, 9.17) is 11.6 Å². The third-order valence-corrected chi connectivity index (χ3v) is 10.2. The number of fused-ring (bicyclic) bond motifs is 5. The third kappa shape index (κ3) is 3.65. The van der Waals surface area contributed by atoms with E-state index in [2.05, 4.69) is 13.8 Å². The highest BCUT2D eigenvalue weighted by atomic mass is 19.1. The minimum absolute atomic E-state index is 0.0541. The Kier molecular flexibility index (Phi) is 5.76. The molecule has 8 unspecified atom stereocenters. The maximum Gasteiger partial charge on any atom is 0.157 e. The summed E-state index contributed by atoms with van der Waals surface area (Å²) in [6, 6.07) is 4.14. The van der Waals surface area contributed by atoms with Crippen molar-refractivity contribution in [2.45, 2.75) is 71.6 Å². The molecule has 0 spiro atoms. The summed E-state index contributed by atoms with van der Waals surface area (Å²) < 4.78 is 13.7. The molecule has 1 aromatic carbocycles. The molecule has 4 saturated carbocycles. The second kappa shape index (κ2) is 8.30. The van der Waals surface area contributed by atoms with Gasteiger partial charge in [-0.1, -0.05) is 20.3 Å². The van der Waals surface area contributed by atoms with Gasteiger partial charge in [-0.15, -0.1) is 0 Å². The third-order valence-electron chi connectivity index (χ3n) is 10.2. The summed E-state index contributed by atoms with van der Waals surface area (Å²) in [5.74, 6) is 11.2. The van der Waals surface area contributed by atoms with Gasteiger partial charge in [-0.25, -0.2) is 10.2 Å². The number of halogens is 1. The first kappa shape index (κ1) is 22.2. The van der Waals surface area contributed by atoms with E-state index in [1.165, 1.54) is 74.6 Å². The van der Waals surface area contributed by atoms with Gasteiger partial charge >= 0.3 is 0 Å². The SMILES string of the molecule is CC1CCC2C(CCC3C2CCC2(C)C(C(=O)CN(N)c4cc(F)ccc4N)CCC32)C1. The van der Waals surface area contributed by atoms with Crippen LogP contribution in [0.15, 0.2) is 18.2 Å². The van der Waals surface area contributed by atoms with Crippen molar-refractivity contribution in [1.29, 1.82) is 0 Å². The molecule has 1 aromatic rings. The van der Waals surface area contributed by atoms with Crippen molar-refractivity contribution in [1.82, 2.24) is 0 Å². The Balaban J connectivity index is 1.29. The van der Waals surface area contributed by atoms with Gasteiger partial charge in [-0.05, 0) is 104 Å². The van der Waals surface area contributed by atoms with Crippen molar-refractivity contribution in [3.05, 3.63) is 24.0 Å². The van der Waals surface area contributed by atoms with E-state index in [1.54, 1.807) is 0 Å². The first-order valence-electron chi connectivity index (χ1n) is 12.9. The molecule has 5 rings (SSSR count). The molecule has 4 aliphatic rings. The number of Topliss-reactive ketones (excluding diaryl/α,β-unsaturated/α-hetero) is 1. The fourth-order valence-corrected chi connectivity index (χ4v) is 8.75. The predicted octanol–water partition coefficient (Wildman–Crippen LogP) is 5.56. The maximum absolute atomic E-state index is 13.7. The number of hydrogen-bond donors (Lipinski definition) is 2. The van der Waals surface area contributed by atoms with Crippen molar-refractivity contribution in [3.8, 4) is 0 Å². The molecule has 0 aromatic heterocycles. The van der Waals surface area contributed by atoms with Crippen LogP contribution in [0.1, 0.15) is 71.6 Å². The van der Waals surface area contributed by atoms with E-state index < -0.39 is 5.82 Å². The van der Waals surface area contributed by atoms with Crippen LogP contribution in [0.3, 0.4) is 0 Å². The van der Waals surface area contributed by atoms with E-state index >= 15 is 0 Å². The van der Waals surface area contributed by atoms with Gasteiger partial charge in [-0.3, -0.25) is 4.79 Å². The Morgan fingerprint density at radius 1 is 1.09 bits per heavy atom. The highest BCUT2D eigenvalue weighted by molar-refractivity contribution is 5.87. The van der Waals surface area contributed by atoms with Gasteiger partial charge in [0.2, 0.25) is 0 Å². The molecule has 4 N–H and O–H groups in total. The smallest absolute Gasteiger partial charge is 0.157 e. The average molecular weight is 442 g/mol. The minimum atomic E-state index is -0.393. The topological polar surface area (TPSA) is 72.3 Å². The van der Waals surface area contributed by atoms with Crippen molar-refractivity contribution >= 4 is 17.2 Å². The lowest BCUT2D eigenvalue weighted by Gasteiger charge is -2.56. The van der Waals surface area contributed by atoms with E-state index in [1.807, 2.05) is 0 Å². The Morgan fingerprint density at radius 2 is 1.88 bits per heavy atom. The summed E-state index contributed by atoms with van der Waals surface area (Å²) >= 11 is 0. The zero-order valence-electron chi connectivity index (χ0n) is 19.7. The zero-order valence-corrected chi connectivity index (χ0v) is 19.7. The van der Waals surface area contributed by atoms with Crippen LogP contribution in [0.4, 0.5) is 15.8 Å². The number of nitrogens with two attached hydrogens (primary N) is 2.